The number of aliphatic hydroxyl groups is 1. The van der Waals surface area contributed by atoms with Crippen LogP contribution < -0.4 is 4.74 Å². The van der Waals surface area contributed by atoms with Crippen LogP contribution in [0.3, 0.4) is 0 Å². The van der Waals surface area contributed by atoms with Gasteiger partial charge in [0.05, 0.1) is 13.2 Å². The molecule has 82 valence electrons. The van der Waals surface area contributed by atoms with Crippen molar-refractivity contribution in [2.24, 2.45) is 0 Å². The minimum absolute atomic E-state index is 0.153. The lowest BCUT2D eigenvalue weighted by Crippen LogP contribution is -2.14. The largest absolute Gasteiger partial charge is 0.496 e. The fraction of sp³-hybridized carbons (Fsp3) is 0.500. The fourth-order valence-electron chi connectivity index (χ4n) is 1.92. The van der Waals surface area contributed by atoms with E-state index in [0.717, 1.165) is 29.9 Å². The first-order valence-electron chi connectivity index (χ1n) is 5.29. The molecule has 3 heteroatoms. The van der Waals surface area contributed by atoms with Gasteiger partial charge in [-0.05, 0) is 31.4 Å². The van der Waals surface area contributed by atoms with Crippen LogP contribution in [0.2, 0.25) is 0 Å². The third kappa shape index (κ3) is 2.47. The van der Waals surface area contributed by atoms with Crippen LogP contribution in [0, 0.1) is 0 Å². The highest BCUT2D eigenvalue weighted by Gasteiger charge is 2.26. The maximum absolute atomic E-state index is 9.75. The second-order valence-corrected chi connectivity index (χ2v) is 5.09. The molecule has 0 amide bonds. The molecule has 1 aromatic rings. The molecule has 0 radical (unpaired) electrons. The average Bonchev–Trinajstić information content (AvgIpc) is 2.65. The predicted molar refractivity (Wildman–Crippen MR) is 62.5 cm³/mol. The molecular formula is C12H16O2S. The second-order valence-electron chi connectivity index (χ2n) is 3.81. The first kappa shape index (κ1) is 10.8. The second kappa shape index (κ2) is 4.90. The van der Waals surface area contributed by atoms with Crippen molar-refractivity contribution in [3.8, 4) is 5.75 Å². The number of benzene rings is 1. The summed E-state index contributed by atoms with van der Waals surface area (Å²) < 4.78 is 5.29. The average molecular weight is 224 g/mol. The molecule has 15 heavy (non-hydrogen) atoms. The summed E-state index contributed by atoms with van der Waals surface area (Å²) in [6, 6.07) is 7.98. The highest BCUT2D eigenvalue weighted by molar-refractivity contribution is 8.00. The van der Waals surface area contributed by atoms with E-state index in [1.165, 1.54) is 0 Å². The summed E-state index contributed by atoms with van der Waals surface area (Å²) in [5, 5.41) is 10.1. The van der Waals surface area contributed by atoms with Crippen molar-refractivity contribution >= 4 is 11.8 Å². The molecule has 1 saturated carbocycles. The molecule has 0 aromatic heterocycles. The van der Waals surface area contributed by atoms with Gasteiger partial charge in [0.25, 0.3) is 0 Å². The van der Waals surface area contributed by atoms with E-state index in [1.54, 1.807) is 18.9 Å². The van der Waals surface area contributed by atoms with Crippen LogP contribution in [0.5, 0.6) is 5.75 Å². The third-order valence-electron chi connectivity index (χ3n) is 2.77. The Kier molecular flexibility index (Phi) is 3.54. The Morgan fingerprint density at radius 1 is 1.33 bits per heavy atom. The molecule has 0 spiro atoms. The minimum atomic E-state index is -0.153. The molecule has 1 aromatic carbocycles. The summed E-state index contributed by atoms with van der Waals surface area (Å²) in [4.78, 5) is 1.13. The van der Waals surface area contributed by atoms with Crippen molar-refractivity contribution < 1.29 is 9.84 Å². The standard InChI is InChI=1S/C12H16O2S/c1-14-10-6-2-3-7-12(10)15-11-8-4-5-9(11)13/h2-3,6-7,9,11,13H,4-5,8H2,1H3/t9-,11-/m0/s1. The number of ether oxygens (including phenoxy) is 1. The lowest BCUT2D eigenvalue weighted by molar-refractivity contribution is 0.188. The summed E-state index contributed by atoms with van der Waals surface area (Å²) in [6.45, 7) is 0. The lowest BCUT2D eigenvalue weighted by atomic mass is 10.3. The quantitative estimate of drug-likeness (QED) is 0.856. The lowest BCUT2D eigenvalue weighted by Gasteiger charge is -2.15. The maximum Gasteiger partial charge on any atom is 0.132 e. The Morgan fingerprint density at radius 2 is 2.13 bits per heavy atom. The first-order chi connectivity index (χ1) is 7.31. The highest BCUT2D eigenvalue weighted by atomic mass is 32.2. The van der Waals surface area contributed by atoms with Crippen LogP contribution in [-0.4, -0.2) is 23.6 Å². The number of rotatable bonds is 3. The molecule has 0 bridgehead atoms. The van der Waals surface area contributed by atoms with Gasteiger partial charge in [0.15, 0.2) is 0 Å². The van der Waals surface area contributed by atoms with Gasteiger partial charge < -0.3 is 9.84 Å². The van der Waals surface area contributed by atoms with Crippen molar-refractivity contribution in [3.63, 3.8) is 0 Å². The summed E-state index contributed by atoms with van der Waals surface area (Å²) >= 11 is 1.74. The molecule has 0 saturated heterocycles. The van der Waals surface area contributed by atoms with Gasteiger partial charge in [-0.2, -0.15) is 0 Å². The topological polar surface area (TPSA) is 29.5 Å². The first-order valence-corrected chi connectivity index (χ1v) is 6.17. The number of para-hydroxylation sites is 1. The molecule has 2 nitrogen and oxygen atoms in total. The molecule has 1 aliphatic carbocycles. The smallest absolute Gasteiger partial charge is 0.132 e. The zero-order chi connectivity index (χ0) is 10.7. The number of aliphatic hydroxyl groups excluding tert-OH is 1. The van der Waals surface area contributed by atoms with Crippen molar-refractivity contribution in [3.05, 3.63) is 24.3 Å². The van der Waals surface area contributed by atoms with Crippen LogP contribution in [0.25, 0.3) is 0 Å². The highest BCUT2D eigenvalue weighted by Crippen LogP contribution is 2.38. The summed E-state index contributed by atoms with van der Waals surface area (Å²) in [5.41, 5.74) is 0. The Balaban J connectivity index is 2.09. The molecule has 1 fully saturated rings. The van der Waals surface area contributed by atoms with E-state index < -0.39 is 0 Å². The summed E-state index contributed by atoms with van der Waals surface area (Å²) in [7, 11) is 1.68. The van der Waals surface area contributed by atoms with Crippen molar-refractivity contribution in [1.82, 2.24) is 0 Å². The normalized spacial score (nSPS) is 25.5. The van der Waals surface area contributed by atoms with E-state index in [0.29, 0.717) is 5.25 Å². The van der Waals surface area contributed by atoms with Crippen molar-refractivity contribution in [2.45, 2.75) is 35.5 Å². The van der Waals surface area contributed by atoms with Gasteiger partial charge in [-0.15, -0.1) is 11.8 Å². The zero-order valence-corrected chi connectivity index (χ0v) is 9.67. The van der Waals surface area contributed by atoms with E-state index in [9.17, 15) is 5.11 Å². The zero-order valence-electron chi connectivity index (χ0n) is 8.85. The fourth-order valence-corrected chi connectivity index (χ4v) is 3.25. The molecule has 2 atom stereocenters. The molecule has 2 rings (SSSR count). The third-order valence-corrected chi connectivity index (χ3v) is 4.21. The molecule has 1 N–H and O–H groups in total. The monoisotopic (exact) mass is 224 g/mol. The summed E-state index contributed by atoms with van der Waals surface area (Å²) in [6.07, 6.45) is 3.02. The molecule has 0 heterocycles. The van der Waals surface area contributed by atoms with Crippen LogP contribution in [0.4, 0.5) is 0 Å². The van der Waals surface area contributed by atoms with Crippen molar-refractivity contribution in [2.75, 3.05) is 7.11 Å². The number of thioether (sulfide) groups is 1. The Labute approximate surface area is 94.6 Å². The van der Waals surface area contributed by atoms with E-state index in [4.69, 9.17) is 4.74 Å². The van der Waals surface area contributed by atoms with Crippen molar-refractivity contribution in [1.29, 1.82) is 0 Å². The van der Waals surface area contributed by atoms with Gasteiger partial charge >= 0.3 is 0 Å². The van der Waals surface area contributed by atoms with E-state index in [-0.39, 0.29) is 6.10 Å². The van der Waals surface area contributed by atoms with Crippen LogP contribution in [0.15, 0.2) is 29.2 Å². The van der Waals surface area contributed by atoms with Gasteiger partial charge in [0.1, 0.15) is 5.75 Å². The number of hydrogen-bond donors (Lipinski definition) is 1. The number of hydrogen-bond acceptors (Lipinski definition) is 3. The minimum Gasteiger partial charge on any atom is -0.496 e. The maximum atomic E-state index is 9.75. The van der Waals surface area contributed by atoms with Gasteiger partial charge in [-0.1, -0.05) is 12.1 Å². The SMILES string of the molecule is COc1ccccc1S[C@H]1CCC[C@@H]1O. The van der Waals surface area contributed by atoms with Gasteiger partial charge in [-0.3, -0.25) is 0 Å². The van der Waals surface area contributed by atoms with Gasteiger partial charge in [0, 0.05) is 10.1 Å². The van der Waals surface area contributed by atoms with E-state index in [1.807, 2.05) is 18.2 Å². The molecule has 1 aliphatic rings. The summed E-state index contributed by atoms with van der Waals surface area (Å²) in [5.74, 6) is 0.904. The Morgan fingerprint density at radius 3 is 2.80 bits per heavy atom. The van der Waals surface area contributed by atoms with Crippen LogP contribution in [0.1, 0.15) is 19.3 Å². The predicted octanol–water partition coefficient (Wildman–Crippen LogP) is 2.70. The van der Waals surface area contributed by atoms with E-state index >= 15 is 0 Å². The molecule has 0 aliphatic heterocycles. The molecular weight excluding hydrogens is 208 g/mol. The van der Waals surface area contributed by atoms with Crippen LogP contribution >= 0.6 is 11.8 Å². The Hall–Kier alpha value is -0.670. The van der Waals surface area contributed by atoms with Gasteiger partial charge in [0.2, 0.25) is 0 Å². The molecule has 0 unspecified atom stereocenters. The Bertz CT molecular complexity index is 327. The van der Waals surface area contributed by atoms with Gasteiger partial charge in [-0.25, -0.2) is 0 Å². The van der Waals surface area contributed by atoms with E-state index in [2.05, 4.69) is 6.07 Å². The van der Waals surface area contributed by atoms with Crippen LogP contribution in [-0.2, 0) is 0 Å². The number of methoxy groups -OCH3 is 1.